The maximum atomic E-state index is 13.8. The minimum Gasteiger partial charge on any atom is -0.350 e. The number of hydrogen-bond acceptors (Lipinski definition) is 4. The molecule has 36 heavy (non-hydrogen) atoms. The van der Waals surface area contributed by atoms with Crippen molar-refractivity contribution in [2.75, 3.05) is 17.1 Å². The lowest BCUT2D eigenvalue weighted by atomic mass is 10.1. The first-order valence-corrected chi connectivity index (χ1v) is 13.7. The van der Waals surface area contributed by atoms with Crippen molar-refractivity contribution in [3.63, 3.8) is 0 Å². The summed E-state index contributed by atoms with van der Waals surface area (Å²) in [6.07, 6.45) is 1.09. The van der Waals surface area contributed by atoms with E-state index < -0.39 is 34.1 Å². The van der Waals surface area contributed by atoms with Crippen molar-refractivity contribution < 1.29 is 18.0 Å². The molecule has 0 radical (unpaired) electrons. The summed E-state index contributed by atoms with van der Waals surface area (Å²) in [5, 5.41) is 4.52. The maximum absolute atomic E-state index is 13.8. The van der Waals surface area contributed by atoms with E-state index in [4.69, 9.17) is 0 Å². The van der Waals surface area contributed by atoms with Gasteiger partial charge in [-0.1, -0.05) is 60.7 Å². The van der Waals surface area contributed by atoms with E-state index in [0.717, 1.165) is 32.5 Å². The van der Waals surface area contributed by atoms with Crippen molar-refractivity contribution in [3.05, 3.63) is 77.9 Å². The van der Waals surface area contributed by atoms with Gasteiger partial charge in [0.1, 0.15) is 12.6 Å². The molecule has 3 aromatic carbocycles. The molecular weight excluding hydrogens is 474 g/mol. The quantitative estimate of drug-likeness (QED) is 0.492. The highest BCUT2D eigenvalue weighted by Crippen LogP contribution is 2.28. The summed E-state index contributed by atoms with van der Waals surface area (Å²) < 4.78 is 26.9. The Kier molecular flexibility index (Phi) is 8.09. The van der Waals surface area contributed by atoms with Crippen molar-refractivity contribution >= 4 is 38.3 Å². The van der Waals surface area contributed by atoms with E-state index >= 15 is 0 Å². The van der Waals surface area contributed by atoms with Gasteiger partial charge in [0.05, 0.1) is 11.9 Å². The second-order valence-electron chi connectivity index (χ2n) is 10.1. The van der Waals surface area contributed by atoms with Gasteiger partial charge in [0.15, 0.2) is 0 Å². The third-order valence-electron chi connectivity index (χ3n) is 5.98. The fourth-order valence-corrected chi connectivity index (χ4v) is 4.91. The van der Waals surface area contributed by atoms with Gasteiger partial charge in [-0.2, -0.15) is 0 Å². The van der Waals surface area contributed by atoms with Crippen molar-refractivity contribution in [3.8, 4) is 0 Å². The Morgan fingerprint density at radius 2 is 1.56 bits per heavy atom. The number of carbonyl (C=O) groups excluding carboxylic acids is 2. The molecule has 0 aliphatic rings. The lowest BCUT2D eigenvalue weighted by Gasteiger charge is -2.33. The second kappa shape index (κ2) is 10.7. The molecule has 8 heteroatoms. The third kappa shape index (κ3) is 6.63. The molecule has 0 spiro atoms. The molecular formula is C28H35N3O4S. The summed E-state index contributed by atoms with van der Waals surface area (Å²) in [5.74, 6) is -0.770. The monoisotopic (exact) mass is 509 g/mol. The third-order valence-corrected chi connectivity index (χ3v) is 7.11. The average Bonchev–Trinajstić information content (AvgIpc) is 2.79. The predicted octanol–water partition coefficient (Wildman–Crippen LogP) is 4.25. The van der Waals surface area contributed by atoms with Crippen LogP contribution in [0, 0.1) is 6.92 Å². The van der Waals surface area contributed by atoms with Gasteiger partial charge >= 0.3 is 0 Å². The molecule has 2 amide bonds. The lowest BCUT2D eigenvalue weighted by molar-refractivity contribution is -0.140. The minimum atomic E-state index is -3.81. The molecule has 0 aliphatic carbocycles. The first-order valence-electron chi connectivity index (χ1n) is 11.9. The Morgan fingerprint density at radius 3 is 2.19 bits per heavy atom. The van der Waals surface area contributed by atoms with Gasteiger partial charge in [0.2, 0.25) is 21.8 Å². The van der Waals surface area contributed by atoms with Crippen molar-refractivity contribution in [2.45, 2.75) is 52.7 Å². The van der Waals surface area contributed by atoms with E-state index in [1.54, 1.807) is 19.1 Å². The van der Waals surface area contributed by atoms with E-state index in [9.17, 15) is 18.0 Å². The molecule has 192 valence electrons. The number of nitrogens with one attached hydrogen (secondary N) is 1. The minimum absolute atomic E-state index is 0.178. The summed E-state index contributed by atoms with van der Waals surface area (Å²) in [5.41, 5.74) is 1.81. The largest absolute Gasteiger partial charge is 0.350 e. The average molecular weight is 510 g/mol. The Bertz CT molecular complexity index is 1360. The Morgan fingerprint density at radius 1 is 0.944 bits per heavy atom. The molecule has 0 saturated carbocycles. The number of sulfonamides is 1. The Hall–Kier alpha value is -3.39. The van der Waals surface area contributed by atoms with Gasteiger partial charge in [0, 0.05) is 17.5 Å². The molecule has 7 nitrogen and oxygen atoms in total. The van der Waals surface area contributed by atoms with Gasteiger partial charge in [0.25, 0.3) is 0 Å². The number of amides is 2. The number of hydrogen-bond donors (Lipinski definition) is 1. The van der Waals surface area contributed by atoms with Crippen LogP contribution in [0.4, 0.5) is 5.69 Å². The van der Waals surface area contributed by atoms with Crippen LogP contribution in [0.3, 0.4) is 0 Å². The highest BCUT2D eigenvalue weighted by Gasteiger charge is 2.32. The summed E-state index contributed by atoms with van der Waals surface area (Å²) >= 11 is 0. The van der Waals surface area contributed by atoms with Crippen LogP contribution in [-0.2, 0) is 26.2 Å². The summed E-state index contributed by atoms with van der Waals surface area (Å²) in [6, 6.07) is 19.6. The topological polar surface area (TPSA) is 86.8 Å². The molecule has 0 aromatic heterocycles. The van der Waals surface area contributed by atoms with E-state index in [0.29, 0.717) is 5.69 Å². The van der Waals surface area contributed by atoms with Crippen LogP contribution in [0.25, 0.3) is 10.8 Å². The maximum Gasteiger partial charge on any atom is 0.244 e. The van der Waals surface area contributed by atoms with E-state index in [1.807, 2.05) is 82.3 Å². The van der Waals surface area contributed by atoms with E-state index in [2.05, 4.69) is 5.32 Å². The van der Waals surface area contributed by atoms with Crippen LogP contribution in [-0.4, -0.2) is 49.5 Å². The number of aryl methyl sites for hydroxylation is 1. The summed E-state index contributed by atoms with van der Waals surface area (Å²) in [6.45, 7) is 8.98. The first kappa shape index (κ1) is 27.2. The zero-order valence-corrected chi connectivity index (χ0v) is 22.6. The van der Waals surface area contributed by atoms with Gasteiger partial charge in [-0.25, -0.2) is 8.42 Å². The molecule has 0 saturated heterocycles. The summed E-state index contributed by atoms with van der Waals surface area (Å²) in [4.78, 5) is 28.3. The molecule has 1 atom stereocenters. The van der Waals surface area contributed by atoms with Crippen molar-refractivity contribution in [1.82, 2.24) is 10.2 Å². The van der Waals surface area contributed by atoms with Crippen molar-refractivity contribution in [1.29, 1.82) is 0 Å². The van der Waals surface area contributed by atoms with Crippen LogP contribution in [0.2, 0.25) is 0 Å². The van der Waals surface area contributed by atoms with E-state index in [1.165, 1.54) is 4.90 Å². The smallest absolute Gasteiger partial charge is 0.244 e. The second-order valence-corrected chi connectivity index (χ2v) is 12.0. The van der Waals surface area contributed by atoms with Crippen molar-refractivity contribution in [2.24, 2.45) is 0 Å². The number of anilines is 1. The first-order chi connectivity index (χ1) is 16.8. The molecule has 3 aromatic rings. The molecule has 1 N–H and O–H groups in total. The van der Waals surface area contributed by atoms with Crippen LogP contribution in [0.5, 0.6) is 0 Å². The molecule has 1 unspecified atom stereocenters. The van der Waals surface area contributed by atoms with Gasteiger partial charge in [-0.05, 0) is 57.2 Å². The normalized spacial score (nSPS) is 12.7. The molecule has 0 heterocycles. The zero-order valence-electron chi connectivity index (χ0n) is 21.8. The SMILES string of the molecule is Cc1ccccc1CN(C(=O)CN(c1cccc2ccccc12)S(C)(=O)=O)C(C)C(=O)NC(C)(C)C. The van der Waals surface area contributed by atoms with Crippen LogP contribution in [0.15, 0.2) is 66.7 Å². The fourth-order valence-electron chi connectivity index (χ4n) is 4.05. The lowest BCUT2D eigenvalue weighted by Crippen LogP contribution is -2.54. The van der Waals surface area contributed by atoms with E-state index in [-0.39, 0.29) is 12.5 Å². The number of nitrogens with zero attached hydrogens (tertiary/aromatic N) is 2. The van der Waals surface area contributed by atoms with Crippen LogP contribution < -0.4 is 9.62 Å². The molecule has 0 bridgehead atoms. The number of benzene rings is 3. The number of carbonyl (C=O) groups is 2. The molecule has 0 aliphatic heterocycles. The number of fused-ring (bicyclic) bond motifs is 1. The van der Waals surface area contributed by atoms with Gasteiger partial charge in [-0.15, -0.1) is 0 Å². The summed E-state index contributed by atoms with van der Waals surface area (Å²) in [7, 11) is -3.81. The van der Waals surface area contributed by atoms with Gasteiger partial charge in [-0.3, -0.25) is 13.9 Å². The standard InChI is InChI=1S/C28H35N3O4S/c1-20-12-7-8-14-23(20)18-30(21(2)27(33)29-28(3,4)5)26(32)19-31(36(6,34)35)25-17-11-15-22-13-9-10-16-24(22)25/h7-17,21H,18-19H2,1-6H3,(H,29,33). The molecule has 0 fully saturated rings. The predicted molar refractivity (Wildman–Crippen MR) is 145 cm³/mol. The van der Waals surface area contributed by atoms with Gasteiger partial charge < -0.3 is 10.2 Å². The fraction of sp³-hybridized carbons (Fsp3) is 0.357. The highest BCUT2D eigenvalue weighted by molar-refractivity contribution is 7.92. The number of rotatable bonds is 8. The molecule has 3 rings (SSSR count). The Balaban J connectivity index is 2.01. The zero-order chi connectivity index (χ0) is 26.7. The Labute approximate surface area is 214 Å². The highest BCUT2D eigenvalue weighted by atomic mass is 32.2. The van der Waals surface area contributed by atoms with Crippen LogP contribution >= 0.6 is 0 Å². The van der Waals surface area contributed by atoms with Crippen LogP contribution in [0.1, 0.15) is 38.8 Å².